The first-order valence-electron chi connectivity index (χ1n) is 4.51. The maximum atomic E-state index is 9.65. The Morgan fingerprint density at radius 1 is 1.46 bits per heavy atom. The quantitative estimate of drug-likeness (QED) is 0.774. The Hall–Kier alpha value is -1.02. The third-order valence-electron chi connectivity index (χ3n) is 2.13. The molecule has 0 saturated heterocycles. The molecule has 0 bridgehead atoms. The molecule has 0 aliphatic rings. The van der Waals surface area contributed by atoms with Crippen LogP contribution < -0.4 is 4.74 Å². The highest BCUT2D eigenvalue weighted by Gasteiger charge is 2.10. The van der Waals surface area contributed by atoms with Gasteiger partial charge >= 0.3 is 0 Å². The fraction of sp³-hybridized carbons (Fsp3) is 0.455. The molecule has 13 heavy (non-hydrogen) atoms. The summed E-state index contributed by atoms with van der Waals surface area (Å²) >= 11 is 0. The van der Waals surface area contributed by atoms with Gasteiger partial charge in [0.05, 0.1) is 13.2 Å². The van der Waals surface area contributed by atoms with Crippen molar-refractivity contribution in [1.82, 2.24) is 0 Å². The molecule has 1 N–H and O–H groups in total. The van der Waals surface area contributed by atoms with Crippen LogP contribution in [-0.4, -0.2) is 12.2 Å². The first-order valence-corrected chi connectivity index (χ1v) is 4.51. The maximum absolute atomic E-state index is 9.65. The predicted octanol–water partition coefficient (Wildman–Crippen LogP) is 2.45. The molecule has 0 aliphatic heterocycles. The molecule has 1 aromatic rings. The number of hydrogen-bond donors (Lipinski definition) is 1. The van der Waals surface area contributed by atoms with Gasteiger partial charge in [0, 0.05) is 5.56 Å². The molecule has 1 rings (SSSR count). The van der Waals surface area contributed by atoms with Crippen LogP contribution in [0.3, 0.4) is 0 Å². The predicted molar refractivity (Wildman–Crippen MR) is 53.0 cm³/mol. The summed E-state index contributed by atoms with van der Waals surface area (Å²) in [6.45, 7) is 3.95. The summed E-state index contributed by atoms with van der Waals surface area (Å²) in [7, 11) is 1.63. The lowest BCUT2D eigenvalue weighted by molar-refractivity contribution is 0.169. The second-order valence-corrected chi connectivity index (χ2v) is 3.17. The fourth-order valence-electron chi connectivity index (χ4n) is 1.31. The summed E-state index contributed by atoms with van der Waals surface area (Å²) in [4.78, 5) is 0. The number of hydrogen-bond acceptors (Lipinski definition) is 2. The zero-order valence-corrected chi connectivity index (χ0v) is 8.37. The first-order chi connectivity index (χ1) is 6.19. The maximum Gasteiger partial charge on any atom is 0.124 e. The largest absolute Gasteiger partial charge is 0.496 e. The van der Waals surface area contributed by atoms with Crippen molar-refractivity contribution in [1.29, 1.82) is 0 Å². The minimum atomic E-state index is -0.421. The van der Waals surface area contributed by atoms with Crippen LogP contribution in [0.25, 0.3) is 0 Å². The second kappa shape index (κ2) is 4.28. The zero-order chi connectivity index (χ0) is 9.84. The molecule has 0 heterocycles. The van der Waals surface area contributed by atoms with E-state index >= 15 is 0 Å². The molecule has 1 atom stereocenters. The Bertz CT molecular complexity index is 281. The molecule has 0 aliphatic carbocycles. The lowest BCUT2D eigenvalue weighted by atomic mass is 10.0. The Morgan fingerprint density at radius 2 is 2.15 bits per heavy atom. The van der Waals surface area contributed by atoms with Crippen molar-refractivity contribution >= 4 is 0 Å². The SMILES string of the molecule is CC[C@@H](O)c1ccc(C)cc1OC. The average Bonchev–Trinajstić information content (AvgIpc) is 2.16. The molecule has 0 spiro atoms. The molecule has 0 fully saturated rings. The topological polar surface area (TPSA) is 29.5 Å². The van der Waals surface area contributed by atoms with Crippen molar-refractivity contribution in [2.75, 3.05) is 7.11 Å². The second-order valence-electron chi connectivity index (χ2n) is 3.17. The number of aryl methyl sites for hydroxylation is 1. The molecule has 0 saturated carbocycles. The summed E-state index contributed by atoms with van der Waals surface area (Å²) in [5, 5.41) is 9.65. The number of rotatable bonds is 3. The van der Waals surface area contributed by atoms with Gasteiger partial charge in [0.2, 0.25) is 0 Å². The normalized spacial score (nSPS) is 12.6. The van der Waals surface area contributed by atoms with E-state index < -0.39 is 6.10 Å². The smallest absolute Gasteiger partial charge is 0.124 e. The van der Waals surface area contributed by atoms with Crippen LogP contribution in [0.15, 0.2) is 18.2 Å². The van der Waals surface area contributed by atoms with Gasteiger partial charge in [-0.1, -0.05) is 19.1 Å². The minimum Gasteiger partial charge on any atom is -0.496 e. The van der Waals surface area contributed by atoms with E-state index in [9.17, 15) is 5.11 Å². The minimum absolute atomic E-state index is 0.421. The summed E-state index contributed by atoms with van der Waals surface area (Å²) in [5.74, 6) is 0.773. The Morgan fingerprint density at radius 3 is 2.69 bits per heavy atom. The van der Waals surface area contributed by atoms with Gasteiger partial charge in [-0.25, -0.2) is 0 Å². The highest BCUT2D eigenvalue weighted by atomic mass is 16.5. The third-order valence-corrected chi connectivity index (χ3v) is 2.13. The molecular weight excluding hydrogens is 164 g/mol. The van der Waals surface area contributed by atoms with Crippen LogP contribution in [0.5, 0.6) is 5.75 Å². The summed E-state index contributed by atoms with van der Waals surface area (Å²) < 4.78 is 5.19. The van der Waals surface area contributed by atoms with E-state index in [-0.39, 0.29) is 0 Å². The molecule has 0 amide bonds. The molecule has 0 radical (unpaired) electrons. The van der Waals surface area contributed by atoms with Gasteiger partial charge in [-0.15, -0.1) is 0 Å². The highest BCUT2D eigenvalue weighted by molar-refractivity contribution is 5.38. The Balaban J connectivity index is 3.05. The number of methoxy groups -OCH3 is 1. The number of aliphatic hydroxyl groups excluding tert-OH is 1. The van der Waals surface area contributed by atoms with Gasteiger partial charge in [0.1, 0.15) is 5.75 Å². The standard InChI is InChI=1S/C11H16O2/c1-4-10(12)9-6-5-8(2)7-11(9)13-3/h5-7,10,12H,4H2,1-3H3/t10-/m1/s1. The van der Waals surface area contributed by atoms with Crippen molar-refractivity contribution in [2.45, 2.75) is 26.4 Å². The monoisotopic (exact) mass is 180 g/mol. The van der Waals surface area contributed by atoms with Gasteiger partial charge in [0.15, 0.2) is 0 Å². The van der Waals surface area contributed by atoms with Crippen LogP contribution in [0, 0.1) is 6.92 Å². The zero-order valence-electron chi connectivity index (χ0n) is 8.37. The van der Waals surface area contributed by atoms with Crippen LogP contribution in [0.4, 0.5) is 0 Å². The van der Waals surface area contributed by atoms with E-state index in [4.69, 9.17) is 4.74 Å². The molecule has 2 nitrogen and oxygen atoms in total. The number of benzene rings is 1. The van der Waals surface area contributed by atoms with Crippen molar-refractivity contribution in [2.24, 2.45) is 0 Å². The van der Waals surface area contributed by atoms with Gasteiger partial charge in [0.25, 0.3) is 0 Å². The van der Waals surface area contributed by atoms with E-state index in [1.54, 1.807) is 7.11 Å². The van der Waals surface area contributed by atoms with E-state index in [1.165, 1.54) is 0 Å². The van der Waals surface area contributed by atoms with E-state index in [0.29, 0.717) is 6.42 Å². The molecule has 1 aromatic carbocycles. The summed E-state index contributed by atoms with van der Waals surface area (Å²) in [6.07, 6.45) is 0.287. The van der Waals surface area contributed by atoms with Gasteiger partial charge in [-0.2, -0.15) is 0 Å². The van der Waals surface area contributed by atoms with Crippen LogP contribution in [-0.2, 0) is 0 Å². The van der Waals surface area contributed by atoms with Crippen molar-refractivity contribution in [3.8, 4) is 5.75 Å². The molecular formula is C11H16O2. The Labute approximate surface area is 79.2 Å². The number of aliphatic hydroxyl groups is 1. The van der Waals surface area contributed by atoms with Crippen molar-refractivity contribution in [3.05, 3.63) is 29.3 Å². The average molecular weight is 180 g/mol. The molecule has 0 aromatic heterocycles. The van der Waals surface area contributed by atoms with Crippen LogP contribution in [0.2, 0.25) is 0 Å². The van der Waals surface area contributed by atoms with Crippen LogP contribution in [0.1, 0.15) is 30.6 Å². The van der Waals surface area contributed by atoms with Gasteiger partial charge < -0.3 is 9.84 Å². The van der Waals surface area contributed by atoms with Crippen LogP contribution >= 0.6 is 0 Å². The Kier molecular flexibility index (Phi) is 3.32. The number of ether oxygens (including phenoxy) is 1. The lowest BCUT2D eigenvalue weighted by Gasteiger charge is -2.13. The highest BCUT2D eigenvalue weighted by Crippen LogP contribution is 2.27. The van der Waals surface area contributed by atoms with Crippen molar-refractivity contribution in [3.63, 3.8) is 0 Å². The summed E-state index contributed by atoms with van der Waals surface area (Å²) in [6, 6.07) is 5.84. The van der Waals surface area contributed by atoms with E-state index in [1.807, 2.05) is 32.0 Å². The summed E-state index contributed by atoms with van der Waals surface area (Å²) in [5.41, 5.74) is 2.01. The first kappa shape index (κ1) is 10.1. The molecule has 2 heteroatoms. The van der Waals surface area contributed by atoms with Crippen molar-refractivity contribution < 1.29 is 9.84 Å². The lowest BCUT2D eigenvalue weighted by Crippen LogP contribution is -1.99. The van der Waals surface area contributed by atoms with E-state index in [0.717, 1.165) is 16.9 Å². The molecule has 72 valence electrons. The third kappa shape index (κ3) is 2.22. The molecule has 0 unspecified atom stereocenters. The van der Waals surface area contributed by atoms with Gasteiger partial charge in [-0.3, -0.25) is 0 Å². The van der Waals surface area contributed by atoms with E-state index in [2.05, 4.69) is 0 Å². The fourth-order valence-corrected chi connectivity index (χ4v) is 1.31. The van der Waals surface area contributed by atoms with Gasteiger partial charge in [-0.05, 0) is 25.0 Å².